The molecule has 0 spiro atoms. The molecule has 6 heteroatoms. The second kappa shape index (κ2) is 6.62. The molecule has 3 nitrogen and oxygen atoms in total. The van der Waals surface area contributed by atoms with Gasteiger partial charge in [0.1, 0.15) is 0 Å². The lowest BCUT2D eigenvalue weighted by Gasteiger charge is -2.30. The first-order valence-corrected chi connectivity index (χ1v) is 6.22. The highest BCUT2D eigenvalue weighted by molar-refractivity contribution is 6.34. The average Bonchev–Trinajstić information content (AvgIpc) is 2.12. The van der Waals surface area contributed by atoms with Crippen molar-refractivity contribution in [3.05, 3.63) is 33.8 Å². The summed E-state index contributed by atoms with van der Waals surface area (Å²) in [5.41, 5.74) is 0.950. The van der Waals surface area contributed by atoms with Crippen LogP contribution in [0, 0.1) is 5.92 Å². The molecule has 1 aromatic carbocycles. The largest absolute Gasteiger partial charge is 0.341 e. The molecule has 2 rings (SSSR count). The van der Waals surface area contributed by atoms with Crippen molar-refractivity contribution in [1.82, 2.24) is 10.2 Å². The van der Waals surface area contributed by atoms with Crippen LogP contribution >= 0.6 is 35.6 Å². The van der Waals surface area contributed by atoms with E-state index in [1.807, 2.05) is 12.1 Å². The van der Waals surface area contributed by atoms with E-state index >= 15 is 0 Å². The predicted molar refractivity (Wildman–Crippen MR) is 76.5 cm³/mol. The second-order valence-electron chi connectivity index (χ2n) is 4.33. The first-order chi connectivity index (χ1) is 8.06. The molecule has 18 heavy (non-hydrogen) atoms. The second-order valence-corrected chi connectivity index (χ2v) is 5.20. The van der Waals surface area contributed by atoms with Gasteiger partial charge in [-0.3, -0.25) is 4.79 Å². The Labute approximate surface area is 123 Å². The lowest BCUT2D eigenvalue weighted by Crippen LogP contribution is -2.50. The number of halogens is 3. The Morgan fingerprint density at radius 3 is 2.33 bits per heavy atom. The van der Waals surface area contributed by atoms with Crippen LogP contribution in [0.1, 0.15) is 5.56 Å². The Kier molecular flexibility index (Phi) is 5.73. The maximum Gasteiger partial charge on any atom is 0.228 e. The van der Waals surface area contributed by atoms with Crippen molar-refractivity contribution >= 4 is 41.5 Å². The lowest BCUT2D eigenvalue weighted by atomic mass is 10.0. The van der Waals surface area contributed by atoms with E-state index in [0.29, 0.717) is 16.6 Å². The smallest absolute Gasteiger partial charge is 0.228 e. The summed E-state index contributed by atoms with van der Waals surface area (Å²) in [6, 6.07) is 5.34. The van der Waals surface area contributed by atoms with E-state index in [1.54, 1.807) is 18.0 Å². The van der Waals surface area contributed by atoms with Crippen molar-refractivity contribution in [1.29, 1.82) is 0 Å². The number of carbonyl (C=O) groups is 1. The Hall–Kier alpha value is -0.480. The number of carbonyl (C=O) groups excluding carboxylic acids is 1. The minimum atomic E-state index is 0. The molecule has 0 aromatic heterocycles. The summed E-state index contributed by atoms with van der Waals surface area (Å²) in [5, 5.41) is 4.28. The fourth-order valence-electron chi connectivity index (χ4n) is 1.83. The van der Waals surface area contributed by atoms with Gasteiger partial charge in [0.15, 0.2) is 0 Å². The molecular weight excluding hydrogens is 295 g/mol. The highest BCUT2D eigenvalue weighted by atomic mass is 35.5. The van der Waals surface area contributed by atoms with Gasteiger partial charge in [0.05, 0.1) is 5.92 Å². The molecule has 1 aromatic rings. The zero-order chi connectivity index (χ0) is 12.4. The number of hydrogen-bond donors (Lipinski definition) is 1. The number of nitrogens with one attached hydrogen (secondary N) is 1. The molecule has 1 aliphatic heterocycles. The molecule has 1 heterocycles. The van der Waals surface area contributed by atoms with Gasteiger partial charge >= 0.3 is 0 Å². The van der Waals surface area contributed by atoms with Crippen LogP contribution < -0.4 is 5.32 Å². The molecule has 100 valence electrons. The predicted octanol–water partition coefficient (Wildman–Crippen LogP) is 2.59. The molecule has 1 saturated heterocycles. The Balaban J connectivity index is 0.00000162. The summed E-state index contributed by atoms with van der Waals surface area (Å²) in [7, 11) is 1.80. The molecule has 0 saturated carbocycles. The summed E-state index contributed by atoms with van der Waals surface area (Å²) in [4.78, 5) is 13.6. The molecule has 0 aliphatic carbocycles. The van der Waals surface area contributed by atoms with Crippen LogP contribution in [-0.2, 0) is 11.3 Å². The van der Waals surface area contributed by atoms with E-state index in [0.717, 1.165) is 18.7 Å². The van der Waals surface area contributed by atoms with Crippen LogP contribution in [0.3, 0.4) is 0 Å². The molecule has 1 aliphatic rings. The summed E-state index contributed by atoms with van der Waals surface area (Å²) in [6.07, 6.45) is 0. The molecule has 1 amide bonds. The van der Waals surface area contributed by atoms with Gasteiger partial charge in [-0.2, -0.15) is 0 Å². The Morgan fingerprint density at radius 2 is 1.89 bits per heavy atom. The molecule has 1 N–H and O–H groups in total. The van der Waals surface area contributed by atoms with Crippen molar-refractivity contribution in [3.8, 4) is 0 Å². The molecule has 0 unspecified atom stereocenters. The number of amides is 1. The number of benzene rings is 1. The number of hydrogen-bond acceptors (Lipinski definition) is 2. The summed E-state index contributed by atoms with van der Waals surface area (Å²) < 4.78 is 0. The third-order valence-corrected chi connectivity index (χ3v) is 3.29. The fraction of sp³-hybridized carbons (Fsp3) is 0.417. The topological polar surface area (TPSA) is 32.3 Å². The summed E-state index contributed by atoms with van der Waals surface area (Å²) >= 11 is 11.8. The maximum atomic E-state index is 11.9. The standard InChI is InChI=1S/C12H14Cl2N2O.ClH/c1-16(12(17)9-5-15-6-9)7-8-2-10(13)4-11(14)3-8;/h2-4,9,15H,5-7H2,1H3;1H. The minimum Gasteiger partial charge on any atom is -0.341 e. The first kappa shape index (κ1) is 15.6. The zero-order valence-electron chi connectivity index (χ0n) is 9.95. The number of rotatable bonds is 3. The van der Waals surface area contributed by atoms with E-state index < -0.39 is 0 Å². The quantitative estimate of drug-likeness (QED) is 0.931. The number of nitrogens with zero attached hydrogens (tertiary/aromatic N) is 1. The van der Waals surface area contributed by atoms with Gasteiger partial charge in [-0.05, 0) is 23.8 Å². The normalized spacial score (nSPS) is 14.6. The molecular formula is C12H15Cl3N2O. The highest BCUT2D eigenvalue weighted by Crippen LogP contribution is 2.20. The minimum absolute atomic E-state index is 0. The molecule has 1 fully saturated rings. The van der Waals surface area contributed by atoms with Crippen LogP contribution in [-0.4, -0.2) is 30.9 Å². The van der Waals surface area contributed by atoms with E-state index in [9.17, 15) is 4.79 Å². The Bertz CT molecular complexity index is 415. The van der Waals surface area contributed by atoms with Gasteiger partial charge < -0.3 is 10.2 Å². The van der Waals surface area contributed by atoms with E-state index in [-0.39, 0.29) is 24.2 Å². The Morgan fingerprint density at radius 1 is 1.33 bits per heavy atom. The van der Waals surface area contributed by atoms with Crippen molar-refractivity contribution in [2.45, 2.75) is 6.54 Å². The van der Waals surface area contributed by atoms with Crippen LogP contribution in [0.4, 0.5) is 0 Å². The van der Waals surface area contributed by atoms with E-state index in [1.165, 1.54) is 0 Å². The van der Waals surface area contributed by atoms with Crippen LogP contribution in [0.2, 0.25) is 10.0 Å². The van der Waals surface area contributed by atoms with Gasteiger partial charge in [-0.1, -0.05) is 23.2 Å². The van der Waals surface area contributed by atoms with Crippen molar-refractivity contribution in [2.75, 3.05) is 20.1 Å². The first-order valence-electron chi connectivity index (χ1n) is 5.47. The third-order valence-electron chi connectivity index (χ3n) is 2.85. The van der Waals surface area contributed by atoms with Gasteiger partial charge in [0, 0.05) is 36.7 Å². The fourth-order valence-corrected chi connectivity index (χ4v) is 2.40. The average molecular weight is 310 g/mol. The highest BCUT2D eigenvalue weighted by Gasteiger charge is 2.27. The van der Waals surface area contributed by atoms with Crippen molar-refractivity contribution in [3.63, 3.8) is 0 Å². The monoisotopic (exact) mass is 308 g/mol. The van der Waals surface area contributed by atoms with Gasteiger partial charge in [0.25, 0.3) is 0 Å². The lowest BCUT2D eigenvalue weighted by molar-refractivity contribution is -0.136. The van der Waals surface area contributed by atoms with Gasteiger partial charge in [-0.15, -0.1) is 12.4 Å². The van der Waals surface area contributed by atoms with Crippen LogP contribution in [0.5, 0.6) is 0 Å². The summed E-state index contributed by atoms with van der Waals surface area (Å²) in [6.45, 7) is 2.09. The van der Waals surface area contributed by atoms with Crippen molar-refractivity contribution < 1.29 is 4.79 Å². The zero-order valence-corrected chi connectivity index (χ0v) is 12.3. The van der Waals surface area contributed by atoms with E-state index in [2.05, 4.69) is 5.32 Å². The van der Waals surface area contributed by atoms with Crippen LogP contribution in [0.25, 0.3) is 0 Å². The van der Waals surface area contributed by atoms with Gasteiger partial charge in [-0.25, -0.2) is 0 Å². The van der Waals surface area contributed by atoms with Crippen LogP contribution in [0.15, 0.2) is 18.2 Å². The summed E-state index contributed by atoms with van der Waals surface area (Å²) in [5.74, 6) is 0.287. The molecule has 0 bridgehead atoms. The maximum absolute atomic E-state index is 11.9. The van der Waals surface area contributed by atoms with Crippen molar-refractivity contribution in [2.24, 2.45) is 5.92 Å². The van der Waals surface area contributed by atoms with Gasteiger partial charge in [0.2, 0.25) is 5.91 Å². The third kappa shape index (κ3) is 3.75. The molecule has 0 radical (unpaired) electrons. The van der Waals surface area contributed by atoms with E-state index in [4.69, 9.17) is 23.2 Å². The molecule has 0 atom stereocenters. The SMILES string of the molecule is CN(Cc1cc(Cl)cc(Cl)c1)C(=O)C1CNC1.Cl.